The SMILES string of the molecule is [N-]=[NH+]Cc1ccc(Cl)cc1. The van der Waals surface area contributed by atoms with E-state index in [4.69, 9.17) is 17.1 Å². The topological polar surface area (TPSA) is 36.3 Å². The van der Waals surface area contributed by atoms with Gasteiger partial charge in [0.25, 0.3) is 0 Å². The van der Waals surface area contributed by atoms with Crippen LogP contribution in [0.25, 0.3) is 5.53 Å². The van der Waals surface area contributed by atoms with Crippen molar-refractivity contribution >= 4 is 11.6 Å². The molecule has 2 nitrogen and oxygen atoms in total. The van der Waals surface area contributed by atoms with E-state index in [1.807, 2.05) is 12.1 Å². The maximum Gasteiger partial charge on any atom is 0.155 e. The van der Waals surface area contributed by atoms with Gasteiger partial charge in [0.1, 0.15) is 0 Å². The molecule has 0 aromatic heterocycles. The van der Waals surface area contributed by atoms with Crippen molar-refractivity contribution in [3.8, 4) is 0 Å². The normalized spacial score (nSPS) is 9.30. The Hall–Kier alpha value is -0.890. The first kappa shape index (κ1) is 7.22. The minimum atomic E-state index is 0.456. The lowest BCUT2D eigenvalue weighted by Gasteiger charge is -1.92. The van der Waals surface area contributed by atoms with Crippen LogP contribution in [0, 0.1) is 0 Å². The molecule has 0 spiro atoms. The predicted octanol–water partition coefficient (Wildman–Crippen LogP) is 0.942. The van der Waals surface area contributed by atoms with Gasteiger partial charge in [-0.05, 0) is 12.1 Å². The van der Waals surface area contributed by atoms with E-state index in [-0.39, 0.29) is 0 Å². The zero-order valence-corrected chi connectivity index (χ0v) is 6.10. The van der Waals surface area contributed by atoms with Crippen LogP contribution < -0.4 is 5.11 Å². The fraction of sp³-hybridized carbons (Fsp3) is 0.143. The monoisotopic (exact) mass is 154 g/mol. The van der Waals surface area contributed by atoms with Crippen LogP contribution in [-0.4, -0.2) is 0 Å². The molecule has 0 saturated heterocycles. The minimum Gasteiger partial charge on any atom is -0.508 e. The average molecular weight is 155 g/mol. The lowest BCUT2D eigenvalue weighted by molar-refractivity contribution is -0.498. The molecule has 3 heteroatoms. The molecule has 0 aliphatic heterocycles. The molecule has 52 valence electrons. The van der Waals surface area contributed by atoms with Gasteiger partial charge in [-0.3, -0.25) is 0 Å². The number of nitrogens with zero attached hydrogens (tertiary/aromatic N) is 1. The Morgan fingerprint density at radius 2 is 1.90 bits per heavy atom. The van der Waals surface area contributed by atoms with Crippen LogP contribution in [0.4, 0.5) is 0 Å². The van der Waals surface area contributed by atoms with Gasteiger partial charge in [0.05, 0.1) is 0 Å². The summed E-state index contributed by atoms with van der Waals surface area (Å²) in [6, 6.07) is 7.28. The lowest BCUT2D eigenvalue weighted by atomic mass is 10.2. The molecule has 1 aromatic rings. The van der Waals surface area contributed by atoms with Crippen molar-refractivity contribution in [1.29, 1.82) is 0 Å². The van der Waals surface area contributed by atoms with Crippen LogP contribution in [0.2, 0.25) is 5.02 Å². The molecule has 10 heavy (non-hydrogen) atoms. The van der Waals surface area contributed by atoms with Crippen molar-refractivity contribution in [3.05, 3.63) is 40.4 Å². The Balaban J connectivity index is 2.78. The standard InChI is InChI=1S/C7H7ClN2/c8-7-3-1-6(2-4-7)5-10-9/h1-4,10H,5H2. The molecule has 0 radical (unpaired) electrons. The van der Waals surface area contributed by atoms with Crippen molar-refractivity contribution in [2.45, 2.75) is 6.54 Å². The Morgan fingerprint density at radius 3 is 2.40 bits per heavy atom. The van der Waals surface area contributed by atoms with Crippen LogP contribution in [0.1, 0.15) is 5.56 Å². The van der Waals surface area contributed by atoms with E-state index >= 15 is 0 Å². The van der Waals surface area contributed by atoms with E-state index in [0.717, 1.165) is 5.56 Å². The zero-order chi connectivity index (χ0) is 7.40. The van der Waals surface area contributed by atoms with Crippen molar-refractivity contribution in [2.75, 3.05) is 0 Å². The van der Waals surface area contributed by atoms with Gasteiger partial charge in [-0.2, -0.15) is 0 Å². The van der Waals surface area contributed by atoms with Gasteiger partial charge >= 0.3 is 0 Å². The molecule has 0 fully saturated rings. The third-order valence-electron chi connectivity index (χ3n) is 1.20. The predicted molar refractivity (Wildman–Crippen MR) is 39.5 cm³/mol. The van der Waals surface area contributed by atoms with Gasteiger partial charge in [-0.25, -0.2) is 0 Å². The fourth-order valence-corrected chi connectivity index (χ4v) is 0.820. The summed E-state index contributed by atoms with van der Waals surface area (Å²) < 4.78 is 0. The highest BCUT2D eigenvalue weighted by molar-refractivity contribution is 6.30. The van der Waals surface area contributed by atoms with Gasteiger partial charge in [0, 0.05) is 10.6 Å². The first-order valence-corrected chi connectivity index (χ1v) is 3.32. The Labute approximate surface area is 64.3 Å². The first-order valence-electron chi connectivity index (χ1n) is 2.94. The summed E-state index contributed by atoms with van der Waals surface area (Å²) in [6.07, 6.45) is 0. The largest absolute Gasteiger partial charge is 0.508 e. The summed E-state index contributed by atoms with van der Waals surface area (Å²) >= 11 is 5.63. The molecule has 0 unspecified atom stereocenters. The second-order valence-electron chi connectivity index (χ2n) is 1.96. The van der Waals surface area contributed by atoms with E-state index in [1.165, 1.54) is 0 Å². The van der Waals surface area contributed by atoms with Crippen LogP contribution in [0.3, 0.4) is 0 Å². The van der Waals surface area contributed by atoms with Crippen LogP contribution >= 0.6 is 11.6 Å². The van der Waals surface area contributed by atoms with Crippen LogP contribution in [0.15, 0.2) is 24.3 Å². The Morgan fingerprint density at radius 1 is 1.30 bits per heavy atom. The van der Waals surface area contributed by atoms with Crippen LogP contribution in [0.5, 0.6) is 0 Å². The lowest BCUT2D eigenvalue weighted by Crippen LogP contribution is -2.60. The Kier molecular flexibility index (Phi) is 2.40. The summed E-state index contributed by atoms with van der Waals surface area (Å²) in [5, 5.41) is 2.77. The van der Waals surface area contributed by atoms with Gasteiger partial charge in [-0.15, -0.1) is 0 Å². The molecule has 0 bridgehead atoms. The summed E-state index contributed by atoms with van der Waals surface area (Å²) in [5.74, 6) is 0. The number of nitrogens with one attached hydrogen (secondary N) is 1. The van der Waals surface area contributed by atoms with E-state index in [1.54, 1.807) is 12.1 Å². The van der Waals surface area contributed by atoms with Gasteiger partial charge in [-0.1, -0.05) is 23.7 Å². The van der Waals surface area contributed by atoms with E-state index < -0.39 is 0 Å². The molecule has 0 saturated carbocycles. The molecule has 0 aliphatic rings. The summed E-state index contributed by atoms with van der Waals surface area (Å²) in [7, 11) is 0. The smallest absolute Gasteiger partial charge is 0.155 e. The van der Waals surface area contributed by atoms with Gasteiger partial charge < -0.3 is 10.6 Å². The third kappa shape index (κ3) is 1.81. The highest BCUT2D eigenvalue weighted by Crippen LogP contribution is 2.07. The molecular formula is C7H7ClN2. The molecule has 0 aliphatic carbocycles. The summed E-state index contributed by atoms with van der Waals surface area (Å²) in [4.78, 5) is 0. The second kappa shape index (κ2) is 3.32. The van der Waals surface area contributed by atoms with Crippen molar-refractivity contribution < 1.29 is 5.11 Å². The molecule has 0 atom stereocenters. The van der Waals surface area contributed by atoms with Crippen LogP contribution in [-0.2, 0) is 6.54 Å². The number of halogens is 1. The number of rotatable bonds is 2. The summed E-state index contributed by atoms with van der Waals surface area (Å²) in [6.45, 7) is 0.456. The van der Waals surface area contributed by atoms with Crippen molar-refractivity contribution in [1.82, 2.24) is 0 Å². The minimum absolute atomic E-state index is 0.456. The second-order valence-corrected chi connectivity index (χ2v) is 2.40. The zero-order valence-electron chi connectivity index (χ0n) is 5.34. The molecule has 1 N–H and O–H groups in total. The average Bonchev–Trinajstić information content (AvgIpc) is 1.95. The van der Waals surface area contributed by atoms with Gasteiger partial charge in [0.15, 0.2) is 6.54 Å². The highest BCUT2D eigenvalue weighted by Gasteiger charge is 1.90. The number of hydrogen-bond acceptors (Lipinski definition) is 0. The molecule has 1 rings (SSSR count). The van der Waals surface area contributed by atoms with Gasteiger partial charge in [0.2, 0.25) is 0 Å². The molecule has 0 amide bonds. The highest BCUT2D eigenvalue weighted by atomic mass is 35.5. The van der Waals surface area contributed by atoms with E-state index in [0.29, 0.717) is 11.6 Å². The van der Waals surface area contributed by atoms with E-state index in [2.05, 4.69) is 5.11 Å². The first-order chi connectivity index (χ1) is 4.83. The van der Waals surface area contributed by atoms with Crippen molar-refractivity contribution in [2.24, 2.45) is 0 Å². The van der Waals surface area contributed by atoms with E-state index in [9.17, 15) is 0 Å². The molecule has 0 heterocycles. The number of hydrogen-bond donors (Lipinski definition) is 1. The van der Waals surface area contributed by atoms with Crippen molar-refractivity contribution in [3.63, 3.8) is 0 Å². The third-order valence-corrected chi connectivity index (χ3v) is 1.45. The molecule has 1 aromatic carbocycles. The molecular weight excluding hydrogens is 148 g/mol. The quantitative estimate of drug-likeness (QED) is 0.616. The Bertz CT molecular complexity index is 218. The number of benzene rings is 1. The fourth-order valence-electron chi connectivity index (χ4n) is 0.694. The summed E-state index contributed by atoms with van der Waals surface area (Å²) in [5.41, 5.74) is 9.31. The maximum absolute atomic E-state index is 8.31. The maximum atomic E-state index is 8.31.